The van der Waals surface area contributed by atoms with Crippen LogP contribution in [0.4, 0.5) is 0 Å². The Hall–Kier alpha value is -2.53. The van der Waals surface area contributed by atoms with Crippen LogP contribution >= 0.6 is 23.2 Å². The highest BCUT2D eigenvalue weighted by Gasteiger charge is 2.53. The molecule has 0 atom stereocenters. The van der Waals surface area contributed by atoms with E-state index in [0.29, 0.717) is 12.0 Å². The highest BCUT2D eigenvalue weighted by Crippen LogP contribution is 2.41. The van der Waals surface area contributed by atoms with Crippen molar-refractivity contribution in [2.24, 2.45) is 0 Å². The second-order valence-electron chi connectivity index (χ2n) is 8.18. The maximum atomic E-state index is 13.2. The fourth-order valence-corrected chi connectivity index (χ4v) is 4.14. The molecule has 0 bridgehead atoms. The van der Waals surface area contributed by atoms with Crippen molar-refractivity contribution in [3.63, 3.8) is 0 Å². The van der Waals surface area contributed by atoms with Gasteiger partial charge < -0.3 is 9.47 Å². The summed E-state index contributed by atoms with van der Waals surface area (Å²) in [5, 5.41) is 9.04. The Labute approximate surface area is 190 Å². The Morgan fingerprint density at radius 1 is 1.13 bits per heavy atom. The lowest BCUT2D eigenvalue weighted by atomic mass is 9.73. The number of benzene rings is 1. The number of nitriles is 1. The Kier molecular flexibility index (Phi) is 6.12. The molecule has 1 aromatic heterocycles. The van der Waals surface area contributed by atoms with Gasteiger partial charge in [0.25, 0.3) is 0 Å². The minimum absolute atomic E-state index is 0.0762. The smallest absolute Gasteiger partial charge is 0.243 e. The molecule has 0 N–H and O–H groups in total. The van der Waals surface area contributed by atoms with E-state index in [9.17, 15) is 14.9 Å². The molecule has 31 heavy (non-hydrogen) atoms. The van der Waals surface area contributed by atoms with E-state index in [4.69, 9.17) is 32.7 Å². The Balaban J connectivity index is 2.12. The molecule has 0 aliphatic carbocycles. The van der Waals surface area contributed by atoms with Crippen LogP contribution in [-0.2, 0) is 20.7 Å². The topological polar surface area (TPSA) is 102 Å². The fraction of sp³-hybridized carbons (Fsp3) is 0.409. The first-order valence-corrected chi connectivity index (χ1v) is 10.4. The number of hydrogen-bond acceptors (Lipinski definition) is 7. The molecule has 2 aromatic rings. The summed E-state index contributed by atoms with van der Waals surface area (Å²) in [6.07, 6.45) is 0.600. The fourth-order valence-electron chi connectivity index (χ4n) is 3.73. The van der Waals surface area contributed by atoms with Crippen molar-refractivity contribution in [2.75, 3.05) is 0 Å². The third-order valence-electron chi connectivity index (χ3n) is 5.16. The van der Waals surface area contributed by atoms with Crippen LogP contribution in [0.1, 0.15) is 57.2 Å². The molecule has 162 valence electrons. The quantitative estimate of drug-likeness (QED) is 0.365. The van der Waals surface area contributed by atoms with E-state index in [0.717, 1.165) is 5.56 Å². The molecule has 1 aromatic carbocycles. The maximum absolute atomic E-state index is 13.2. The van der Waals surface area contributed by atoms with Gasteiger partial charge in [-0.15, -0.1) is 0 Å². The van der Waals surface area contributed by atoms with Crippen molar-refractivity contribution in [3.8, 4) is 17.7 Å². The van der Waals surface area contributed by atoms with Crippen LogP contribution in [0.25, 0.3) is 0 Å². The van der Waals surface area contributed by atoms with Crippen molar-refractivity contribution in [1.82, 2.24) is 9.97 Å². The summed E-state index contributed by atoms with van der Waals surface area (Å²) >= 11 is 11.8. The van der Waals surface area contributed by atoms with Gasteiger partial charge in [0.05, 0.1) is 0 Å². The van der Waals surface area contributed by atoms with Gasteiger partial charge in [-0.25, -0.2) is 4.98 Å². The number of halogens is 2. The minimum atomic E-state index is -1.13. The molecule has 0 amide bonds. The second-order valence-corrected chi connectivity index (χ2v) is 8.87. The summed E-state index contributed by atoms with van der Waals surface area (Å²) in [5.41, 5.74) is -0.985. The lowest BCUT2D eigenvalue weighted by Crippen LogP contribution is -2.58. The number of ketones is 2. The van der Waals surface area contributed by atoms with E-state index in [2.05, 4.69) is 9.97 Å². The number of Topliss-reactive ketones (excluding diaryl/α,β-unsaturated/α-hetero) is 2. The van der Waals surface area contributed by atoms with Crippen LogP contribution in [0, 0.1) is 11.3 Å². The molecule has 0 spiro atoms. The molecule has 0 unspecified atom stereocenters. The van der Waals surface area contributed by atoms with Crippen molar-refractivity contribution < 1.29 is 19.1 Å². The summed E-state index contributed by atoms with van der Waals surface area (Å²) in [6.45, 7) is 8.57. The summed E-state index contributed by atoms with van der Waals surface area (Å²) in [6, 6.07) is 6.93. The zero-order valence-electron chi connectivity index (χ0n) is 17.7. The SMILES string of the molecule is CCc1ccc(Oc2nc(Cl)nc(Cl)c2C#N)cc1C1C(=O)C(C)(C)OC(C)(C)C1=O. The normalized spacial score (nSPS) is 18.0. The minimum Gasteiger partial charge on any atom is -0.437 e. The van der Waals surface area contributed by atoms with Crippen LogP contribution in [0.2, 0.25) is 10.4 Å². The monoisotopic (exact) mass is 461 g/mol. The number of aryl methyl sites for hydroxylation is 1. The van der Waals surface area contributed by atoms with E-state index in [-0.39, 0.29) is 39.2 Å². The Morgan fingerprint density at radius 2 is 1.74 bits per heavy atom. The standard InChI is InChI=1S/C22H21Cl2N3O4/c1-6-11-7-8-12(30-19-14(10-25)18(23)26-20(24)27-19)9-13(11)15-16(28)21(2,3)31-22(4,5)17(15)29/h7-9,15H,6H2,1-5H3. The van der Waals surface area contributed by atoms with Gasteiger partial charge in [-0.2, -0.15) is 10.2 Å². The number of nitrogens with zero attached hydrogens (tertiary/aromatic N) is 3. The number of carbonyl (C=O) groups excluding carboxylic acids is 2. The van der Waals surface area contributed by atoms with Gasteiger partial charge in [-0.3, -0.25) is 9.59 Å². The van der Waals surface area contributed by atoms with Crippen LogP contribution in [0.5, 0.6) is 11.6 Å². The Morgan fingerprint density at radius 3 is 2.29 bits per heavy atom. The van der Waals surface area contributed by atoms with E-state index in [1.807, 2.05) is 13.0 Å². The summed E-state index contributed by atoms with van der Waals surface area (Å²) in [4.78, 5) is 34.0. The summed E-state index contributed by atoms with van der Waals surface area (Å²) < 4.78 is 11.6. The molecule has 9 heteroatoms. The molecule has 1 fully saturated rings. The van der Waals surface area contributed by atoms with Gasteiger partial charge in [0.15, 0.2) is 22.3 Å². The van der Waals surface area contributed by atoms with Gasteiger partial charge >= 0.3 is 0 Å². The summed E-state index contributed by atoms with van der Waals surface area (Å²) in [7, 11) is 0. The van der Waals surface area contributed by atoms with Crippen LogP contribution in [0.3, 0.4) is 0 Å². The van der Waals surface area contributed by atoms with Gasteiger partial charge in [-0.1, -0.05) is 24.6 Å². The van der Waals surface area contributed by atoms with Crippen molar-refractivity contribution in [1.29, 1.82) is 5.26 Å². The highest BCUT2D eigenvalue weighted by molar-refractivity contribution is 6.32. The zero-order valence-corrected chi connectivity index (χ0v) is 19.3. The van der Waals surface area contributed by atoms with Crippen molar-refractivity contribution >= 4 is 34.8 Å². The Bertz CT molecular complexity index is 1100. The molecule has 1 aliphatic heterocycles. The van der Waals surface area contributed by atoms with E-state index in [1.165, 1.54) is 0 Å². The van der Waals surface area contributed by atoms with Gasteiger partial charge in [0.1, 0.15) is 28.9 Å². The molecular weight excluding hydrogens is 441 g/mol. The van der Waals surface area contributed by atoms with Gasteiger partial charge in [0.2, 0.25) is 11.2 Å². The third kappa shape index (κ3) is 4.29. The van der Waals surface area contributed by atoms with E-state index < -0.39 is 17.1 Å². The second kappa shape index (κ2) is 8.19. The third-order valence-corrected chi connectivity index (χ3v) is 5.60. The first kappa shape index (κ1) is 23.1. The van der Waals surface area contributed by atoms with Crippen molar-refractivity contribution in [3.05, 3.63) is 45.3 Å². The zero-order chi connectivity index (χ0) is 23.1. The number of carbonyl (C=O) groups is 2. The van der Waals surface area contributed by atoms with Gasteiger partial charge in [0, 0.05) is 0 Å². The predicted molar refractivity (Wildman–Crippen MR) is 115 cm³/mol. The van der Waals surface area contributed by atoms with Crippen LogP contribution in [-0.4, -0.2) is 32.7 Å². The van der Waals surface area contributed by atoms with E-state index >= 15 is 0 Å². The maximum Gasteiger partial charge on any atom is 0.243 e. The molecular formula is C22H21Cl2N3O4. The lowest BCUT2D eigenvalue weighted by molar-refractivity contribution is -0.184. The first-order chi connectivity index (χ1) is 14.4. The molecule has 0 saturated carbocycles. The molecule has 1 aliphatic rings. The van der Waals surface area contributed by atoms with E-state index in [1.54, 1.807) is 45.9 Å². The van der Waals surface area contributed by atoms with Crippen LogP contribution < -0.4 is 4.74 Å². The average Bonchev–Trinajstić information content (AvgIpc) is 2.66. The van der Waals surface area contributed by atoms with Crippen LogP contribution in [0.15, 0.2) is 18.2 Å². The first-order valence-electron chi connectivity index (χ1n) is 9.64. The number of aromatic nitrogens is 2. The lowest BCUT2D eigenvalue weighted by Gasteiger charge is -2.43. The van der Waals surface area contributed by atoms with Crippen molar-refractivity contribution in [2.45, 2.75) is 58.2 Å². The number of rotatable bonds is 4. The molecule has 1 saturated heterocycles. The molecule has 2 heterocycles. The molecule has 0 radical (unpaired) electrons. The average molecular weight is 462 g/mol. The predicted octanol–water partition coefficient (Wildman–Crippen LogP) is 4.82. The molecule has 7 nitrogen and oxygen atoms in total. The highest BCUT2D eigenvalue weighted by atomic mass is 35.5. The van der Waals surface area contributed by atoms with Gasteiger partial charge in [-0.05, 0) is 69.0 Å². The number of ether oxygens (including phenoxy) is 2. The largest absolute Gasteiger partial charge is 0.437 e. The molecule has 3 rings (SSSR count). The number of hydrogen-bond donors (Lipinski definition) is 0. The summed E-state index contributed by atoms with van der Waals surface area (Å²) in [5.74, 6) is -1.50.